The average molecular weight is 186 g/mol. The summed E-state index contributed by atoms with van der Waals surface area (Å²) in [6.45, 7) is 1.10. The smallest absolute Gasteiger partial charge is 0.138 e. The lowest BCUT2D eigenvalue weighted by molar-refractivity contribution is 0.877. The van der Waals surface area contributed by atoms with Crippen LogP contribution in [0.15, 0.2) is 36.9 Å². The van der Waals surface area contributed by atoms with Gasteiger partial charge in [0.15, 0.2) is 0 Å². The Morgan fingerprint density at radius 3 is 2.64 bits per heavy atom. The first-order valence-electron chi connectivity index (χ1n) is 4.62. The molecule has 1 atom stereocenters. The molecular weight excluding hydrogens is 176 g/mol. The van der Waals surface area contributed by atoms with Crippen LogP contribution >= 0.6 is 0 Å². The lowest BCUT2D eigenvalue weighted by Gasteiger charge is -2.01. The third kappa shape index (κ3) is 1.29. The molecule has 1 fully saturated rings. The van der Waals surface area contributed by atoms with Crippen molar-refractivity contribution in [2.45, 2.75) is 6.04 Å². The first kappa shape index (κ1) is 7.70. The topological polar surface area (TPSA) is 52.7 Å². The summed E-state index contributed by atoms with van der Waals surface area (Å²) < 4.78 is 1.75. The van der Waals surface area contributed by atoms with E-state index < -0.39 is 0 Å². The largest absolute Gasteiger partial charge is 0.307 e. The van der Waals surface area contributed by atoms with Crippen LogP contribution in [0.25, 0.3) is 5.69 Å². The van der Waals surface area contributed by atoms with Gasteiger partial charge in [-0.05, 0) is 17.7 Å². The molecule has 14 heavy (non-hydrogen) atoms. The molecule has 1 aromatic heterocycles. The Kier molecular flexibility index (Phi) is 1.61. The van der Waals surface area contributed by atoms with Crippen molar-refractivity contribution in [3.63, 3.8) is 0 Å². The van der Waals surface area contributed by atoms with Gasteiger partial charge in [-0.2, -0.15) is 5.10 Å². The van der Waals surface area contributed by atoms with Crippen molar-refractivity contribution < 1.29 is 0 Å². The minimum Gasteiger partial charge on any atom is -0.307 e. The van der Waals surface area contributed by atoms with Crippen molar-refractivity contribution in [1.29, 1.82) is 0 Å². The average Bonchev–Trinajstić information content (AvgIpc) is 2.94. The molecule has 70 valence electrons. The standard InChI is InChI=1S/C10H10N4/c1-3-9(14-7-11-6-13-14)4-2-8(1)10-5-12-10/h1-4,6-7,10,12H,5H2/t10-/m1/s1. The van der Waals surface area contributed by atoms with E-state index in [9.17, 15) is 0 Å². The Morgan fingerprint density at radius 1 is 1.29 bits per heavy atom. The summed E-state index contributed by atoms with van der Waals surface area (Å²) in [5.41, 5.74) is 2.39. The van der Waals surface area contributed by atoms with Gasteiger partial charge >= 0.3 is 0 Å². The Bertz CT molecular complexity index is 414. The molecule has 4 heteroatoms. The molecule has 0 radical (unpaired) electrons. The number of aromatic nitrogens is 3. The Balaban J connectivity index is 1.93. The predicted octanol–water partition coefficient (Wildman–Crippen LogP) is 0.912. The lowest BCUT2D eigenvalue weighted by atomic mass is 10.1. The van der Waals surface area contributed by atoms with Crippen molar-refractivity contribution in [3.05, 3.63) is 42.5 Å². The predicted molar refractivity (Wildman–Crippen MR) is 52.1 cm³/mol. The van der Waals surface area contributed by atoms with Gasteiger partial charge in [-0.1, -0.05) is 12.1 Å². The third-order valence-corrected chi connectivity index (χ3v) is 2.39. The summed E-state index contributed by atoms with van der Waals surface area (Å²) in [6, 6.07) is 8.94. The molecule has 0 saturated carbocycles. The van der Waals surface area contributed by atoms with E-state index in [2.05, 4.69) is 39.7 Å². The third-order valence-electron chi connectivity index (χ3n) is 2.39. The zero-order valence-electron chi connectivity index (χ0n) is 7.59. The van der Waals surface area contributed by atoms with E-state index in [1.54, 1.807) is 11.0 Å². The normalized spacial score (nSPS) is 19.6. The van der Waals surface area contributed by atoms with Crippen LogP contribution in [0.3, 0.4) is 0 Å². The highest BCUT2D eigenvalue weighted by Gasteiger charge is 2.21. The summed E-state index contributed by atoms with van der Waals surface area (Å²) in [6.07, 6.45) is 3.24. The van der Waals surface area contributed by atoms with Crippen LogP contribution in [0.2, 0.25) is 0 Å². The fraction of sp³-hybridized carbons (Fsp3) is 0.200. The van der Waals surface area contributed by atoms with Gasteiger partial charge in [0.25, 0.3) is 0 Å². The van der Waals surface area contributed by atoms with E-state index in [1.165, 1.54) is 11.9 Å². The minimum absolute atomic E-state index is 0.569. The van der Waals surface area contributed by atoms with Gasteiger partial charge in [0.1, 0.15) is 12.7 Å². The molecule has 1 aliphatic heterocycles. The van der Waals surface area contributed by atoms with E-state index in [-0.39, 0.29) is 0 Å². The van der Waals surface area contributed by atoms with E-state index in [0.29, 0.717) is 6.04 Å². The number of nitrogens with one attached hydrogen (secondary N) is 1. The number of benzene rings is 1. The maximum atomic E-state index is 4.07. The zero-order chi connectivity index (χ0) is 9.38. The second kappa shape index (κ2) is 2.92. The Hall–Kier alpha value is -1.68. The van der Waals surface area contributed by atoms with Crippen molar-refractivity contribution in [3.8, 4) is 5.69 Å². The van der Waals surface area contributed by atoms with Crippen molar-refractivity contribution in [2.75, 3.05) is 6.54 Å². The van der Waals surface area contributed by atoms with Crippen LogP contribution < -0.4 is 5.32 Å². The van der Waals surface area contributed by atoms with Crippen LogP contribution in [-0.2, 0) is 0 Å². The summed E-state index contributed by atoms with van der Waals surface area (Å²) in [5, 5.41) is 7.34. The molecule has 1 aliphatic rings. The van der Waals surface area contributed by atoms with E-state index >= 15 is 0 Å². The fourth-order valence-corrected chi connectivity index (χ4v) is 1.50. The van der Waals surface area contributed by atoms with Gasteiger partial charge in [-0.15, -0.1) is 0 Å². The summed E-state index contributed by atoms with van der Waals surface area (Å²) in [4.78, 5) is 3.91. The lowest BCUT2D eigenvalue weighted by Crippen LogP contribution is -1.94. The number of rotatable bonds is 2. The van der Waals surface area contributed by atoms with Crippen LogP contribution in [-0.4, -0.2) is 21.3 Å². The van der Waals surface area contributed by atoms with Gasteiger partial charge in [-0.25, -0.2) is 9.67 Å². The highest BCUT2D eigenvalue weighted by atomic mass is 15.3. The molecule has 2 aromatic rings. The van der Waals surface area contributed by atoms with Gasteiger partial charge in [0, 0.05) is 12.6 Å². The maximum Gasteiger partial charge on any atom is 0.138 e. The van der Waals surface area contributed by atoms with E-state index in [4.69, 9.17) is 0 Å². The Labute approximate surface area is 81.6 Å². The van der Waals surface area contributed by atoms with E-state index in [1.807, 2.05) is 0 Å². The number of hydrogen-bond acceptors (Lipinski definition) is 3. The zero-order valence-corrected chi connectivity index (χ0v) is 7.59. The molecule has 2 heterocycles. The highest BCUT2D eigenvalue weighted by molar-refractivity contribution is 5.35. The first-order chi connectivity index (χ1) is 6.93. The summed E-state index contributed by atoms with van der Waals surface area (Å²) >= 11 is 0. The molecule has 3 rings (SSSR count). The van der Waals surface area contributed by atoms with Crippen LogP contribution in [0.4, 0.5) is 0 Å². The summed E-state index contributed by atoms with van der Waals surface area (Å²) in [7, 11) is 0. The van der Waals surface area contributed by atoms with Gasteiger partial charge in [0.2, 0.25) is 0 Å². The number of nitrogens with zero attached hydrogens (tertiary/aromatic N) is 3. The highest BCUT2D eigenvalue weighted by Crippen LogP contribution is 2.21. The van der Waals surface area contributed by atoms with Crippen molar-refractivity contribution in [2.24, 2.45) is 0 Å². The van der Waals surface area contributed by atoms with Crippen LogP contribution in [0.1, 0.15) is 11.6 Å². The van der Waals surface area contributed by atoms with Crippen LogP contribution in [0, 0.1) is 0 Å². The molecule has 0 aliphatic carbocycles. The molecule has 1 aromatic carbocycles. The first-order valence-corrected chi connectivity index (χ1v) is 4.62. The van der Waals surface area contributed by atoms with Gasteiger partial charge in [0.05, 0.1) is 5.69 Å². The SMILES string of the molecule is c1ncn(-c2ccc([C@H]3CN3)cc2)n1. The number of hydrogen-bond donors (Lipinski definition) is 1. The molecule has 1 saturated heterocycles. The van der Waals surface area contributed by atoms with Gasteiger partial charge < -0.3 is 5.32 Å². The maximum absolute atomic E-state index is 4.07. The molecule has 0 spiro atoms. The monoisotopic (exact) mass is 186 g/mol. The summed E-state index contributed by atoms with van der Waals surface area (Å²) in [5.74, 6) is 0. The Morgan fingerprint density at radius 2 is 2.07 bits per heavy atom. The minimum atomic E-state index is 0.569. The fourth-order valence-electron chi connectivity index (χ4n) is 1.50. The quantitative estimate of drug-likeness (QED) is 0.709. The molecule has 4 nitrogen and oxygen atoms in total. The molecule has 0 unspecified atom stereocenters. The van der Waals surface area contributed by atoms with Crippen molar-refractivity contribution >= 4 is 0 Å². The second-order valence-corrected chi connectivity index (χ2v) is 3.39. The van der Waals surface area contributed by atoms with E-state index in [0.717, 1.165) is 12.2 Å². The van der Waals surface area contributed by atoms with Crippen LogP contribution in [0.5, 0.6) is 0 Å². The second-order valence-electron chi connectivity index (χ2n) is 3.39. The van der Waals surface area contributed by atoms with Crippen molar-refractivity contribution in [1.82, 2.24) is 20.1 Å². The van der Waals surface area contributed by atoms with Gasteiger partial charge in [-0.3, -0.25) is 0 Å². The molecule has 1 N–H and O–H groups in total. The molecule has 0 amide bonds. The molecule has 0 bridgehead atoms. The molecular formula is C10H10N4.